The van der Waals surface area contributed by atoms with Crippen molar-refractivity contribution in [2.75, 3.05) is 31.1 Å². The molecule has 2 aliphatic heterocycles. The van der Waals surface area contributed by atoms with E-state index in [0.717, 1.165) is 92.3 Å². The summed E-state index contributed by atoms with van der Waals surface area (Å²) in [6, 6.07) is 14.4. The molecule has 270 valence electrons. The molecule has 54 heavy (non-hydrogen) atoms. The van der Waals surface area contributed by atoms with Gasteiger partial charge in [0.05, 0.1) is 19.2 Å². The highest BCUT2D eigenvalue weighted by atomic mass is 16.5. The van der Waals surface area contributed by atoms with Crippen molar-refractivity contribution >= 4 is 17.3 Å². The van der Waals surface area contributed by atoms with Crippen LogP contribution in [-0.2, 0) is 5.41 Å². The van der Waals surface area contributed by atoms with Crippen LogP contribution in [0.2, 0.25) is 0 Å². The quantitative estimate of drug-likeness (QED) is 0.173. The van der Waals surface area contributed by atoms with Gasteiger partial charge in [-0.15, -0.1) is 32.1 Å². The van der Waals surface area contributed by atoms with Crippen LogP contribution >= 0.6 is 0 Å². The number of fused-ring (bicyclic) bond motifs is 2. The van der Waals surface area contributed by atoms with Crippen LogP contribution in [0, 0.1) is 67.1 Å². The van der Waals surface area contributed by atoms with E-state index >= 15 is 0 Å². The second-order valence-electron chi connectivity index (χ2n) is 15.6. The molecule has 4 nitrogen and oxygen atoms in total. The van der Waals surface area contributed by atoms with Crippen molar-refractivity contribution in [2.24, 2.45) is 5.41 Å². The average molecular weight is 710 g/mol. The third-order valence-electron chi connectivity index (χ3n) is 9.51. The number of benzene rings is 2. The molecule has 4 heteroatoms. The lowest BCUT2D eigenvalue weighted by Gasteiger charge is -2.30. The zero-order chi connectivity index (χ0) is 39.0. The normalized spacial score (nSPS) is 15.8. The van der Waals surface area contributed by atoms with Gasteiger partial charge in [-0.3, -0.25) is 0 Å². The van der Waals surface area contributed by atoms with Crippen molar-refractivity contribution in [3.8, 4) is 78.8 Å². The maximum Gasteiger partial charge on any atom is 0.205 e. The topological polar surface area (TPSA) is 28.6 Å². The van der Waals surface area contributed by atoms with E-state index in [4.69, 9.17) is 41.3 Å². The summed E-state index contributed by atoms with van der Waals surface area (Å²) in [6.45, 7) is 14.5. The fourth-order valence-electron chi connectivity index (χ4n) is 6.55. The smallest absolute Gasteiger partial charge is 0.205 e. The molecule has 0 N–H and O–H groups in total. The lowest BCUT2D eigenvalue weighted by molar-refractivity contribution is 0.291. The van der Waals surface area contributed by atoms with E-state index in [2.05, 4.69) is 120 Å². The minimum absolute atomic E-state index is 0.212. The first kappa shape index (κ1) is 39.0. The summed E-state index contributed by atoms with van der Waals surface area (Å²) in [6.07, 6.45) is 42.4. The van der Waals surface area contributed by atoms with Gasteiger partial charge in [-0.2, -0.15) is 0 Å². The number of hydrogen-bond acceptors (Lipinski definition) is 3. The molecule has 0 saturated carbocycles. The second-order valence-corrected chi connectivity index (χ2v) is 15.6. The highest BCUT2D eigenvalue weighted by Gasteiger charge is 2.27. The minimum Gasteiger partial charge on any atom is -0.460 e. The summed E-state index contributed by atoms with van der Waals surface area (Å²) >= 11 is 0. The van der Waals surface area contributed by atoms with Crippen LogP contribution in [0.15, 0.2) is 93.7 Å². The standard InChI is InChI=1S/C50H49N2O2/c1-12-28-51(29-13-2)40-24-26-43-38(32-47(49(6,7)8)53-45(43)34-40)22-20-36-18-17-19-37(42(36)16-5)21-23-39-33-48(50(9,10)11)54-46-35-41(25-27-44(39)46)52(30-14-3)31-15-4/h1-5,20-27,32-35H,17-19,28-31H2,6-11H3/q+1. The van der Waals surface area contributed by atoms with Crippen molar-refractivity contribution in [3.05, 3.63) is 111 Å². The van der Waals surface area contributed by atoms with Crippen LogP contribution in [0.1, 0.15) is 77.7 Å². The molecule has 0 radical (unpaired) electrons. The number of terminal acetylenes is 5. The van der Waals surface area contributed by atoms with E-state index < -0.39 is 0 Å². The lowest BCUT2D eigenvalue weighted by atomic mass is 9.85. The van der Waals surface area contributed by atoms with Gasteiger partial charge in [-0.1, -0.05) is 83.6 Å². The van der Waals surface area contributed by atoms with Gasteiger partial charge in [0, 0.05) is 45.4 Å². The Morgan fingerprint density at radius 2 is 1.48 bits per heavy atom. The van der Waals surface area contributed by atoms with Crippen molar-refractivity contribution in [1.82, 2.24) is 4.58 Å². The molecule has 1 aromatic rings. The van der Waals surface area contributed by atoms with Crippen LogP contribution in [0.5, 0.6) is 5.75 Å². The molecule has 5 rings (SSSR count). The average Bonchev–Trinajstić information content (AvgIpc) is 3.14. The highest BCUT2D eigenvalue weighted by molar-refractivity contribution is 5.83. The zero-order valence-electron chi connectivity index (χ0n) is 32.5. The van der Waals surface area contributed by atoms with E-state index in [1.807, 2.05) is 33.7 Å². The first-order valence-corrected chi connectivity index (χ1v) is 18.3. The molecule has 0 atom stereocenters. The number of ether oxygens (including phenoxy) is 1. The fourth-order valence-corrected chi connectivity index (χ4v) is 6.55. The first-order valence-electron chi connectivity index (χ1n) is 18.3. The molecule has 0 fully saturated rings. The Bertz CT molecular complexity index is 2320. The number of allylic oxidation sites excluding steroid dienone is 9. The molecular formula is C50H49N2O2+. The summed E-state index contributed by atoms with van der Waals surface area (Å²) in [4.78, 5) is 1.98. The number of anilines is 1. The second kappa shape index (κ2) is 16.6. The van der Waals surface area contributed by atoms with Crippen molar-refractivity contribution in [1.29, 1.82) is 0 Å². The maximum absolute atomic E-state index is 6.49. The van der Waals surface area contributed by atoms with E-state index in [9.17, 15) is 0 Å². The number of nitrogens with zero attached hydrogens (tertiary/aromatic N) is 2. The van der Waals surface area contributed by atoms with Crippen molar-refractivity contribution in [2.45, 2.75) is 66.2 Å². The summed E-state index contributed by atoms with van der Waals surface area (Å²) in [5.74, 6) is 17.2. The third-order valence-corrected chi connectivity index (χ3v) is 9.51. The van der Waals surface area contributed by atoms with Gasteiger partial charge < -0.3 is 14.1 Å². The SMILES string of the molecule is C#CCN(CC#C)c1ccc2c(c1)OC(C(C)(C)C)=C/C2=C\C=C1/CCCC(/C=C/c2cc(C(C)(C)C)oc3cc(=[N+](CC#C)CC#C)ccc2-3)=C1C#C. The predicted molar refractivity (Wildman–Crippen MR) is 226 cm³/mol. The first-order chi connectivity index (χ1) is 25.8. The monoisotopic (exact) mass is 709 g/mol. The van der Waals surface area contributed by atoms with Gasteiger partial charge in [0.2, 0.25) is 18.4 Å². The van der Waals surface area contributed by atoms with Crippen molar-refractivity contribution < 1.29 is 9.15 Å². The highest BCUT2D eigenvalue weighted by Crippen LogP contribution is 2.42. The Hall–Kier alpha value is -6.25. The largest absolute Gasteiger partial charge is 0.460 e. The van der Waals surface area contributed by atoms with Gasteiger partial charge in [-0.05, 0) is 83.7 Å². The minimum atomic E-state index is -0.212. The van der Waals surface area contributed by atoms with Gasteiger partial charge in [-0.25, -0.2) is 4.58 Å². The van der Waals surface area contributed by atoms with E-state index in [1.54, 1.807) is 0 Å². The Morgan fingerprint density at radius 1 is 0.778 bits per heavy atom. The van der Waals surface area contributed by atoms with E-state index in [0.29, 0.717) is 26.2 Å². The third kappa shape index (κ3) is 8.85. The van der Waals surface area contributed by atoms with E-state index in [-0.39, 0.29) is 10.8 Å². The maximum atomic E-state index is 6.49. The van der Waals surface area contributed by atoms with Crippen molar-refractivity contribution in [3.63, 3.8) is 0 Å². The summed E-state index contributed by atoms with van der Waals surface area (Å²) in [7, 11) is 0. The number of rotatable bonds is 8. The molecule has 1 aromatic carbocycles. The summed E-state index contributed by atoms with van der Waals surface area (Å²) in [5, 5.41) is 0.920. The van der Waals surface area contributed by atoms with Crippen LogP contribution < -0.4 is 19.6 Å². The van der Waals surface area contributed by atoms with Gasteiger partial charge in [0.25, 0.3) is 0 Å². The van der Waals surface area contributed by atoms with Gasteiger partial charge in [0.1, 0.15) is 23.0 Å². The Kier molecular flexibility index (Phi) is 12.0. The Balaban J connectivity index is 1.58. The van der Waals surface area contributed by atoms with Gasteiger partial charge >= 0.3 is 0 Å². The molecule has 2 heterocycles. The molecule has 0 amide bonds. The van der Waals surface area contributed by atoms with Crippen LogP contribution in [-0.4, -0.2) is 26.2 Å². The molecule has 0 aromatic heterocycles. The lowest BCUT2D eigenvalue weighted by Crippen LogP contribution is -2.30. The Labute approximate surface area is 323 Å². The van der Waals surface area contributed by atoms with Crippen LogP contribution in [0.4, 0.5) is 5.69 Å². The summed E-state index contributed by atoms with van der Waals surface area (Å²) in [5.41, 5.74) is 7.79. The molecule has 0 saturated heterocycles. The van der Waals surface area contributed by atoms with Crippen LogP contribution in [0.3, 0.4) is 0 Å². The summed E-state index contributed by atoms with van der Waals surface area (Å²) < 4.78 is 15.0. The van der Waals surface area contributed by atoms with E-state index in [1.165, 1.54) is 0 Å². The number of hydrogen-bond donors (Lipinski definition) is 0. The molecular weight excluding hydrogens is 661 g/mol. The zero-order valence-corrected chi connectivity index (χ0v) is 32.5. The predicted octanol–water partition coefficient (Wildman–Crippen LogP) is 9.25. The molecule has 0 unspecified atom stereocenters. The molecule has 0 bridgehead atoms. The Morgan fingerprint density at radius 3 is 2.11 bits per heavy atom. The van der Waals surface area contributed by atoms with Gasteiger partial charge in [0.15, 0.2) is 0 Å². The molecule has 0 spiro atoms. The molecule has 2 aliphatic carbocycles. The van der Waals surface area contributed by atoms with Crippen LogP contribution in [0.25, 0.3) is 23.0 Å². The molecule has 4 aliphatic rings. The fraction of sp³-hybridized carbons (Fsp3) is 0.300.